The molecule has 0 aliphatic carbocycles. The topological polar surface area (TPSA) is 58.6 Å². The second-order valence-electron chi connectivity index (χ2n) is 4.86. The molecule has 0 aromatic carbocycles. The summed E-state index contributed by atoms with van der Waals surface area (Å²) < 4.78 is 4.64. The van der Waals surface area contributed by atoms with Crippen LogP contribution in [0.25, 0.3) is 0 Å². The zero-order valence-electron chi connectivity index (χ0n) is 12.2. The molecule has 1 unspecified atom stereocenters. The molecule has 0 saturated carbocycles. The molecule has 0 bridgehead atoms. The molecule has 0 rings (SSSR count). The Morgan fingerprint density at radius 3 is 2.33 bits per heavy atom. The SMILES string of the molecule is CCCN(CC(=O)OC)C(C)C(=O)NCC(C)C. The monoisotopic (exact) mass is 258 g/mol. The largest absolute Gasteiger partial charge is 0.468 e. The van der Waals surface area contributed by atoms with Gasteiger partial charge in [0.25, 0.3) is 0 Å². The lowest BCUT2D eigenvalue weighted by molar-refractivity contribution is -0.143. The maximum atomic E-state index is 11.9. The van der Waals surface area contributed by atoms with Crippen LogP contribution >= 0.6 is 0 Å². The van der Waals surface area contributed by atoms with E-state index in [0.717, 1.165) is 6.42 Å². The van der Waals surface area contributed by atoms with E-state index in [4.69, 9.17) is 0 Å². The lowest BCUT2D eigenvalue weighted by atomic mass is 10.2. The maximum absolute atomic E-state index is 11.9. The van der Waals surface area contributed by atoms with Gasteiger partial charge in [0.2, 0.25) is 5.91 Å². The minimum atomic E-state index is -0.317. The van der Waals surface area contributed by atoms with Crippen LogP contribution in [0.5, 0.6) is 0 Å². The van der Waals surface area contributed by atoms with Gasteiger partial charge in [-0.15, -0.1) is 0 Å². The van der Waals surface area contributed by atoms with Crippen molar-refractivity contribution in [2.45, 2.75) is 40.2 Å². The molecule has 1 atom stereocenters. The normalized spacial score (nSPS) is 12.6. The van der Waals surface area contributed by atoms with Crippen LogP contribution in [-0.2, 0) is 14.3 Å². The highest BCUT2D eigenvalue weighted by molar-refractivity contribution is 5.82. The Balaban J connectivity index is 4.39. The highest BCUT2D eigenvalue weighted by Crippen LogP contribution is 2.02. The Hall–Kier alpha value is -1.10. The van der Waals surface area contributed by atoms with Crippen molar-refractivity contribution in [2.75, 3.05) is 26.7 Å². The van der Waals surface area contributed by atoms with Crippen molar-refractivity contribution in [3.63, 3.8) is 0 Å². The lowest BCUT2D eigenvalue weighted by Crippen LogP contribution is -2.48. The highest BCUT2D eigenvalue weighted by Gasteiger charge is 2.22. The molecular weight excluding hydrogens is 232 g/mol. The van der Waals surface area contributed by atoms with Crippen LogP contribution in [-0.4, -0.2) is 49.6 Å². The summed E-state index contributed by atoms with van der Waals surface area (Å²) in [4.78, 5) is 25.1. The maximum Gasteiger partial charge on any atom is 0.319 e. The van der Waals surface area contributed by atoms with Crippen molar-refractivity contribution in [1.29, 1.82) is 0 Å². The van der Waals surface area contributed by atoms with E-state index in [1.807, 2.05) is 32.6 Å². The molecular formula is C13H26N2O3. The van der Waals surface area contributed by atoms with Gasteiger partial charge in [0, 0.05) is 6.54 Å². The molecule has 0 spiro atoms. The Morgan fingerprint density at radius 1 is 1.28 bits per heavy atom. The third-order valence-electron chi connectivity index (χ3n) is 2.68. The van der Waals surface area contributed by atoms with E-state index in [9.17, 15) is 9.59 Å². The van der Waals surface area contributed by atoms with Crippen LogP contribution in [0.15, 0.2) is 0 Å². The Labute approximate surface area is 110 Å². The fraction of sp³-hybridized carbons (Fsp3) is 0.846. The fourth-order valence-electron chi connectivity index (χ4n) is 1.55. The number of hydrogen-bond acceptors (Lipinski definition) is 4. The summed E-state index contributed by atoms with van der Waals surface area (Å²) in [6, 6.07) is -0.317. The van der Waals surface area contributed by atoms with E-state index in [1.54, 1.807) is 0 Å². The van der Waals surface area contributed by atoms with Crippen LogP contribution in [0.1, 0.15) is 34.1 Å². The summed E-state index contributed by atoms with van der Waals surface area (Å²) >= 11 is 0. The second-order valence-corrected chi connectivity index (χ2v) is 4.86. The third kappa shape index (κ3) is 6.59. The molecule has 1 N–H and O–H groups in total. The predicted molar refractivity (Wildman–Crippen MR) is 71.2 cm³/mol. The lowest BCUT2D eigenvalue weighted by Gasteiger charge is -2.26. The van der Waals surface area contributed by atoms with Crippen LogP contribution in [0, 0.1) is 5.92 Å². The van der Waals surface area contributed by atoms with Crippen molar-refractivity contribution in [3.8, 4) is 0 Å². The average molecular weight is 258 g/mol. The highest BCUT2D eigenvalue weighted by atomic mass is 16.5. The van der Waals surface area contributed by atoms with Gasteiger partial charge in [-0.25, -0.2) is 0 Å². The van der Waals surface area contributed by atoms with Gasteiger partial charge in [0.05, 0.1) is 19.7 Å². The number of nitrogens with zero attached hydrogens (tertiary/aromatic N) is 1. The number of carbonyl (C=O) groups excluding carboxylic acids is 2. The van der Waals surface area contributed by atoms with E-state index >= 15 is 0 Å². The van der Waals surface area contributed by atoms with Gasteiger partial charge in [0.1, 0.15) is 0 Å². The average Bonchev–Trinajstić information content (AvgIpc) is 2.34. The standard InChI is InChI=1S/C13H26N2O3/c1-6-7-15(9-12(16)18-5)11(4)13(17)14-8-10(2)3/h10-11H,6-9H2,1-5H3,(H,14,17). The Bertz CT molecular complexity index is 267. The summed E-state index contributed by atoms with van der Waals surface area (Å²) in [6.45, 7) is 9.43. The zero-order valence-corrected chi connectivity index (χ0v) is 12.2. The van der Waals surface area contributed by atoms with Gasteiger partial charge in [0.15, 0.2) is 0 Å². The molecule has 5 nitrogen and oxygen atoms in total. The summed E-state index contributed by atoms with van der Waals surface area (Å²) in [7, 11) is 1.36. The molecule has 5 heteroatoms. The molecule has 0 aliphatic heterocycles. The molecule has 106 valence electrons. The zero-order chi connectivity index (χ0) is 14.1. The summed E-state index contributed by atoms with van der Waals surface area (Å²) in [5.74, 6) is 0.0643. The number of methoxy groups -OCH3 is 1. The van der Waals surface area contributed by atoms with E-state index < -0.39 is 0 Å². The fourth-order valence-corrected chi connectivity index (χ4v) is 1.55. The first-order chi connectivity index (χ1) is 8.42. The molecule has 0 aliphatic rings. The first kappa shape index (κ1) is 16.9. The van der Waals surface area contributed by atoms with E-state index in [0.29, 0.717) is 19.0 Å². The Kier molecular flexibility index (Phi) is 8.37. The molecule has 1 amide bonds. The number of ether oxygens (including phenoxy) is 1. The molecule has 0 fully saturated rings. The first-order valence-electron chi connectivity index (χ1n) is 6.50. The molecule has 0 radical (unpaired) electrons. The van der Waals surface area contributed by atoms with Gasteiger partial charge in [-0.05, 0) is 25.8 Å². The van der Waals surface area contributed by atoms with Gasteiger partial charge in [-0.1, -0.05) is 20.8 Å². The number of hydrogen-bond donors (Lipinski definition) is 1. The number of esters is 1. The van der Waals surface area contributed by atoms with Gasteiger partial charge >= 0.3 is 5.97 Å². The second kappa shape index (κ2) is 8.91. The first-order valence-corrected chi connectivity index (χ1v) is 6.50. The Morgan fingerprint density at radius 2 is 1.89 bits per heavy atom. The van der Waals surface area contributed by atoms with Gasteiger partial charge in [-0.2, -0.15) is 0 Å². The number of rotatable bonds is 8. The van der Waals surface area contributed by atoms with E-state index in [-0.39, 0.29) is 24.5 Å². The van der Waals surface area contributed by atoms with Gasteiger partial charge < -0.3 is 10.1 Å². The van der Waals surface area contributed by atoms with Crippen LogP contribution < -0.4 is 5.32 Å². The number of nitrogens with one attached hydrogen (secondary N) is 1. The molecule has 0 aromatic rings. The summed E-state index contributed by atoms with van der Waals surface area (Å²) in [5, 5.41) is 2.88. The van der Waals surface area contributed by atoms with Crippen molar-refractivity contribution >= 4 is 11.9 Å². The predicted octanol–water partition coefficient (Wildman–Crippen LogP) is 1.03. The molecule has 0 heterocycles. The summed E-state index contributed by atoms with van der Waals surface area (Å²) in [5.41, 5.74) is 0. The van der Waals surface area contributed by atoms with Crippen LogP contribution in [0.3, 0.4) is 0 Å². The summed E-state index contributed by atoms with van der Waals surface area (Å²) in [6.07, 6.45) is 0.888. The van der Waals surface area contributed by atoms with E-state index in [2.05, 4.69) is 10.1 Å². The molecule has 0 saturated heterocycles. The van der Waals surface area contributed by atoms with Crippen LogP contribution in [0.2, 0.25) is 0 Å². The van der Waals surface area contributed by atoms with E-state index in [1.165, 1.54) is 7.11 Å². The quantitative estimate of drug-likeness (QED) is 0.661. The van der Waals surface area contributed by atoms with Crippen LogP contribution in [0.4, 0.5) is 0 Å². The third-order valence-corrected chi connectivity index (χ3v) is 2.68. The van der Waals surface area contributed by atoms with Crippen molar-refractivity contribution in [3.05, 3.63) is 0 Å². The minimum absolute atomic E-state index is 0.0407. The number of amides is 1. The minimum Gasteiger partial charge on any atom is -0.468 e. The van der Waals surface area contributed by atoms with Gasteiger partial charge in [-0.3, -0.25) is 14.5 Å². The smallest absolute Gasteiger partial charge is 0.319 e. The van der Waals surface area contributed by atoms with Crippen molar-refractivity contribution < 1.29 is 14.3 Å². The molecule has 0 aromatic heterocycles. The van der Waals surface area contributed by atoms with Crippen molar-refractivity contribution in [2.24, 2.45) is 5.92 Å². The number of carbonyl (C=O) groups is 2. The van der Waals surface area contributed by atoms with Crippen molar-refractivity contribution in [1.82, 2.24) is 10.2 Å². The molecule has 18 heavy (non-hydrogen) atoms.